The molecule has 5 unspecified atom stereocenters. The summed E-state index contributed by atoms with van der Waals surface area (Å²) in [5.41, 5.74) is 22.0. The molecule has 7 aliphatic carbocycles. The Morgan fingerprint density at radius 2 is 1.21 bits per heavy atom. The molecule has 5 aromatic carbocycles. The Morgan fingerprint density at radius 3 is 1.95 bits per heavy atom. The third-order valence-electron chi connectivity index (χ3n) is 17.6. The van der Waals surface area contributed by atoms with Crippen LogP contribution in [0.1, 0.15) is 158 Å². The number of hydrogen-bond acceptors (Lipinski definition) is 2. The molecule has 1 heterocycles. The molecule has 1 aliphatic heterocycles. The molecule has 0 bridgehead atoms. The van der Waals surface area contributed by atoms with Crippen molar-refractivity contribution in [2.45, 2.75) is 119 Å². The summed E-state index contributed by atoms with van der Waals surface area (Å²) in [6.07, 6.45) is 39.4. The van der Waals surface area contributed by atoms with Gasteiger partial charge in [0, 0.05) is 28.4 Å². The summed E-state index contributed by atoms with van der Waals surface area (Å²) in [5, 5.41) is 3.81. The third kappa shape index (κ3) is 6.60. The quantitative estimate of drug-likeness (QED) is 0.169. The van der Waals surface area contributed by atoms with E-state index in [0.717, 1.165) is 29.8 Å². The molecule has 2 heteroatoms. The number of hydrogen-bond donors (Lipinski definition) is 1. The predicted molar refractivity (Wildman–Crippen MR) is 275 cm³/mol. The van der Waals surface area contributed by atoms with Gasteiger partial charge in [-0.2, -0.15) is 0 Å². The lowest BCUT2D eigenvalue weighted by atomic mass is 9.65. The first kappa shape index (κ1) is 40.3. The summed E-state index contributed by atoms with van der Waals surface area (Å²) < 4.78 is 0. The van der Waals surface area contributed by atoms with Crippen molar-refractivity contribution in [2.24, 2.45) is 16.8 Å². The number of rotatable bonds is 6. The fraction of sp³-hybridized carbons (Fsp3) is 0.328. The summed E-state index contributed by atoms with van der Waals surface area (Å²) in [6, 6.07) is 44.3. The number of nitrogens with one attached hydrogen (secondary N) is 1. The van der Waals surface area contributed by atoms with Crippen LogP contribution in [0.15, 0.2) is 181 Å². The van der Waals surface area contributed by atoms with Crippen molar-refractivity contribution in [2.75, 3.05) is 0 Å². The van der Waals surface area contributed by atoms with Gasteiger partial charge in [0.2, 0.25) is 0 Å². The predicted octanol–water partition coefficient (Wildman–Crippen LogP) is 15.9. The van der Waals surface area contributed by atoms with E-state index in [2.05, 4.69) is 175 Å². The maximum absolute atomic E-state index is 5.27. The van der Waals surface area contributed by atoms with Gasteiger partial charge in [-0.25, -0.2) is 0 Å². The van der Waals surface area contributed by atoms with Crippen LogP contribution in [0.2, 0.25) is 0 Å². The van der Waals surface area contributed by atoms with Gasteiger partial charge in [-0.05, 0) is 154 Å². The zero-order valence-electron chi connectivity index (χ0n) is 38.4. The van der Waals surface area contributed by atoms with Crippen LogP contribution in [0.4, 0.5) is 0 Å². The van der Waals surface area contributed by atoms with Gasteiger partial charge in [0.15, 0.2) is 0 Å². The molecule has 8 aliphatic rings. The average Bonchev–Trinajstić information content (AvgIpc) is 3.81. The lowest BCUT2D eigenvalue weighted by Gasteiger charge is -2.39. The van der Waals surface area contributed by atoms with Crippen molar-refractivity contribution in [3.8, 4) is 11.1 Å². The smallest absolute Gasteiger partial charge is 0.145 e. The Bertz CT molecular complexity index is 2900. The van der Waals surface area contributed by atoms with Gasteiger partial charge in [0.05, 0.1) is 5.71 Å². The highest BCUT2D eigenvalue weighted by molar-refractivity contribution is 6.13. The Balaban J connectivity index is 0.784. The first-order valence-electron chi connectivity index (χ1n) is 25.7. The molecule has 5 aromatic rings. The SMILES string of the molecule is C1=CCC(c2ccc(C3=NC(c4ccccc4)NC(c4ccc(C5C=CC(C6CC=CC7=C6c6cc8c(cc6C76CCCCC6)-c6ccccc6C86CCCCC6)CC5)cc4)=C3)cc2)C=C1. The molecule has 1 N–H and O–H groups in total. The topological polar surface area (TPSA) is 24.4 Å². The number of fused-ring (bicyclic) bond motifs is 9. The highest BCUT2D eigenvalue weighted by Gasteiger charge is 2.51. The second kappa shape index (κ2) is 16.4. The molecule has 0 saturated heterocycles. The van der Waals surface area contributed by atoms with Crippen molar-refractivity contribution in [3.63, 3.8) is 0 Å². The molecule has 66 heavy (non-hydrogen) atoms. The normalized spacial score (nSPS) is 26.3. The van der Waals surface area contributed by atoms with E-state index >= 15 is 0 Å². The molecular weight excluding hydrogens is 797 g/mol. The Hall–Kier alpha value is -5.99. The first-order chi connectivity index (χ1) is 32.6. The Kier molecular flexibility index (Phi) is 10.0. The third-order valence-corrected chi connectivity index (χ3v) is 17.6. The summed E-state index contributed by atoms with van der Waals surface area (Å²) in [4.78, 5) is 5.27. The zero-order chi connectivity index (χ0) is 43.7. The van der Waals surface area contributed by atoms with Crippen LogP contribution in [0, 0.1) is 11.8 Å². The van der Waals surface area contributed by atoms with Crippen LogP contribution in [-0.2, 0) is 10.8 Å². The van der Waals surface area contributed by atoms with Crippen molar-refractivity contribution in [3.05, 3.63) is 226 Å². The minimum absolute atomic E-state index is 0.152. The number of nitrogens with zero attached hydrogens (tertiary/aromatic N) is 1. The van der Waals surface area contributed by atoms with E-state index in [9.17, 15) is 0 Å². The number of benzene rings is 5. The van der Waals surface area contributed by atoms with Crippen LogP contribution in [0.5, 0.6) is 0 Å². The van der Waals surface area contributed by atoms with E-state index in [1.54, 1.807) is 39.0 Å². The average molecular weight is 859 g/mol. The molecule has 2 saturated carbocycles. The van der Waals surface area contributed by atoms with E-state index in [1.165, 1.54) is 105 Å². The molecule has 2 nitrogen and oxygen atoms in total. The largest absolute Gasteiger partial charge is 0.360 e. The standard InChI is InChI=1S/C64H62N2/c1-5-16-43(17-6-1)44-26-32-48(33-27-44)59-42-60(66-62(65-59)50-18-7-2-8-19-50)49-34-28-46(29-35-49)45-24-30-47(31-25-45)51-21-15-23-56-61(51)54-41-57-53(40-58(54)64(56)38-13-4-14-39-64)52-20-9-10-22-55(52)63(57)36-11-3-12-37-63/h1-2,5-10,15-16,18-20,22-24,26-30,32-35,40-43,45,47,51,62,66H,3-4,11-14,17,21,25,31,36-39H2. The number of allylic oxidation sites excluding steroid dienone is 11. The van der Waals surface area contributed by atoms with E-state index in [0.29, 0.717) is 23.7 Å². The van der Waals surface area contributed by atoms with Crippen molar-refractivity contribution >= 4 is 17.0 Å². The van der Waals surface area contributed by atoms with Crippen LogP contribution in [0.3, 0.4) is 0 Å². The summed E-state index contributed by atoms with van der Waals surface area (Å²) in [6.45, 7) is 0. The molecule has 0 radical (unpaired) electrons. The zero-order valence-corrected chi connectivity index (χ0v) is 38.4. The van der Waals surface area contributed by atoms with E-state index in [1.807, 2.05) is 0 Å². The van der Waals surface area contributed by atoms with Gasteiger partial charge >= 0.3 is 0 Å². The maximum atomic E-state index is 5.27. The summed E-state index contributed by atoms with van der Waals surface area (Å²) >= 11 is 0. The van der Waals surface area contributed by atoms with Gasteiger partial charge in [-0.15, -0.1) is 0 Å². The van der Waals surface area contributed by atoms with Crippen LogP contribution >= 0.6 is 0 Å². The van der Waals surface area contributed by atoms with E-state index in [4.69, 9.17) is 4.99 Å². The van der Waals surface area contributed by atoms with Gasteiger partial charge in [0.1, 0.15) is 6.17 Å². The van der Waals surface area contributed by atoms with Gasteiger partial charge in [-0.3, -0.25) is 4.99 Å². The lowest BCUT2D eigenvalue weighted by molar-refractivity contribution is 0.346. The molecule has 328 valence electrons. The van der Waals surface area contributed by atoms with Gasteiger partial charge in [-0.1, -0.05) is 190 Å². The van der Waals surface area contributed by atoms with Crippen LogP contribution in [-0.4, -0.2) is 5.71 Å². The molecule has 2 spiro atoms. The highest BCUT2D eigenvalue weighted by atomic mass is 15.1. The minimum atomic E-state index is -0.152. The lowest BCUT2D eigenvalue weighted by Crippen LogP contribution is -2.30. The first-order valence-corrected chi connectivity index (χ1v) is 25.7. The van der Waals surface area contributed by atoms with Crippen LogP contribution in [0.25, 0.3) is 22.4 Å². The van der Waals surface area contributed by atoms with Crippen molar-refractivity contribution in [1.29, 1.82) is 0 Å². The molecule has 13 rings (SSSR count). The Labute approximate surface area is 392 Å². The molecule has 0 aromatic heterocycles. The molecular formula is C64H62N2. The summed E-state index contributed by atoms with van der Waals surface area (Å²) in [7, 11) is 0. The summed E-state index contributed by atoms with van der Waals surface area (Å²) in [5.74, 6) is 1.98. The highest BCUT2D eigenvalue weighted by Crippen LogP contribution is 2.63. The number of aliphatic imine (C=N–C) groups is 1. The fourth-order valence-electron chi connectivity index (χ4n) is 14.3. The molecule has 5 atom stereocenters. The monoisotopic (exact) mass is 858 g/mol. The van der Waals surface area contributed by atoms with E-state index in [-0.39, 0.29) is 17.0 Å². The minimum Gasteiger partial charge on any atom is -0.360 e. The second-order valence-corrected chi connectivity index (χ2v) is 21.0. The fourth-order valence-corrected chi connectivity index (χ4v) is 14.3. The molecule has 0 amide bonds. The molecule has 2 fully saturated rings. The second-order valence-electron chi connectivity index (χ2n) is 21.0. The van der Waals surface area contributed by atoms with Crippen molar-refractivity contribution < 1.29 is 0 Å². The van der Waals surface area contributed by atoms with Gasteiger partial charge in [0.25, 0.3) is 0 Å². The van der Waals surface area contributed by atoms with E-state index < -0.39 is 0 Å². The van der Waals surface area contributed by atoms with Crippen LogP contribution < -0.4 is 5.32 Å². The van der Waals surface area contributed by atoms with Gasteiger partial charge < -0.3 is 5.32 Å². The Morgan fingerprint density at radius 1 is 0.515 bits per heavy atom. The van der Waals surface area contributed by atoms with Crippen molar-refractivity contribution in [1.82, 2.24) is 5.32 Å². The maximum Gasteiger partial charge on any atom is 0.145 e.